The molecule has 10 heteroatoms. The fourth-order valence-electron chi connectivity index (χ4n) is 1.77. The maximum absolute atomic E-state index is 11.2. The molecule has 0 unspecified atom stereocenters. The zero-order valence-electron chi connectivity index (χ0n) is 10.0. The Bertz CT molecular complexity index is 987. The van der Waals surface area contributed by atoms with Crippen molar-refractivity contribution in [2.75, 3.05) is 0 Å². The Morgan fingerprint density at radius 1 is 0.952 bits per heavy atom. The normalized spacial score (nSPS) is 12.1. The molecule has 0 bridgehead atoms. The molecule has 21 heavy (non-hydrogen) atoms. The summed E-state index contributed by atoms with van der Waals surface area (Å²) in [6, 6.07) is 4.99. The molecule has 0 aliphatic carbocycles. The van der Waals surface area contributed by atoms with E-state index in [0.29, 0.717) is 6.07 Å². The topological polar surface area (TPSA) is 144 Å². The van der Waals surface area contributed by atoms with Crippen molar-refractivity contribution in [3.05, 3.63) is 30.3 Å². The van der Waals surface area contributed by atoms with Crippen molar-refractivity contribution in [2.24, 2.45) is 4.99 Å². The Labute approximate surface area is 119 Å². The van der Waals surface area contributed by atoms with Crippen molar-refractivity contribution in [3.8, 4) is 0 Å². The molecule has 0 aromatic heterocycles. The number of rotatable bonds is 3. The Morgan fingerprint density at radius 3 is 2.14 bits per heavy atom. The van der Waals surface area contributed by atoms with Gasteiger partial charge in [-0.25, -0.2) is 21.6 Å². The summed E-state index contributed by atoms with van der Waals surface area (Å²) in [5.41, 5.74) is 0.0622. The Hall–Kier alpha value is -2.10. The molecular formula is C11H5NO7S2-2. The largest absolute Gasteiger partial charge is 0.744 e. The van der Waals surface area contributed by atoms with E-state index in [1.165, 1.54) is 18.2 Å². The third kappa shape index (κ3) is 3.15. The molecule has 2 rings (SSSR count). The van der Waals surface area contributed by atoms with E-state index in [0.717, 1.165) is 12.1 Å². The fraction of sp³-hybridized carbons (Fsp3) is 0. The van der Waals surface area contributed by atoms with E-state index in [4.69, 9.17) is 0 Å². The third-order valence-electron chi connectivity index (χ3n) is 2.60. The van der Waals surface area contributed by atoms with Crippen LogP contribution in [0.25, 0.3) is 10.8 Å². The first kappa shape index (κ1) is 15.3. The number of aliphatic imine (C=N–C) groups is 1. The van der Waals surface area contributed by atoms with Crippen LogP contribution in [-0.2, 0) is 25.0 Å². The highest BCUT2D eigenvalue weighted by Gasteiger charge is 2.13. The van der Waals surface area contributed by atoms with Crippen LogP contribution in [0.15, 0.2) is 45.1 Å². The van der Waals surface area contributed by atoms with E-state index >= 15 is 0 Å². The fourth-order valence-corrected chi connectivity index (χ4v) is 3.10. The van der Waals surface area contributed by atoms with Gasteiger partial charge in [-0.2, -0.15) is 4.99 Å². The molecular weight excluding hydrogens is 322 g/mol. The standard InChI is InChI=1S/C11H7NO7S2/c13-6-12-8-1-2-10-7(3-8)4-9(20(14,15)16)5-11(10)21(17,18)19/h1-5H,(H,14,15,16)(H,17,18,19)/p-2. The van der Waals surface area contributed by atoms with Crippen molar-refractivity contribution in [1.29, 1.82) is 0 Å². The maximum Gasteiger partial charge on any atom is 0.240 e. The molecule has 0 aliphatic rings. The first-order valence-electron chi connectivity index (χ1n) is 5.20. The number of hydrogen-bond donors (Lipinski definition) is 0. The summed E-state index contributed by atoms with van der Waals surface area (Å²) in [4.78, 5) is 11.8. The third-order valence-corrected chi connectivity index (χ3v) is 4.29. The van der Waals surface area contributed by atoms with Gasteiger partial charge in [0.05, 0.1) is 15.5 Å². The van der Waals surface area contributed by atoms with Crippen molar-refractivity contribution >= 4 is 42.8 Å². The van der Waals surface area contributed by atoms with Crippen LogP contribution in [0.4, 0.5) is 5.69 Å². The lowest BCUT2D eigenvalue weighted by Gasteiger charge is -2.15. The van der Waals surface area contributed by atoms with Crippen LogP contribution < -0.4 is 0 Å². The summed E-state index contributed by atoms with van der Waals surface area (Å²) in [5, 5.41) is -0.111. The number of nitrogens with zero attached hydrogens (tertiary/aromatic N) is 1. The highest BCUT2D eigenvalue weighted by molar-refractivity contribution is 7.86. The van der Waals surface area contributed by atoms with E-state index < -0.39 is 30.0 Å². The lowest BCUT2D eigenvalue weighted by Crippen LogP contribution is -2.04. The van der Waals surface area contributed by atoms with Gasteiger partial charge in [-0.05, 0) is 35.0 Å². The predicted molar refractivity (Wildman–Crippen MR) is 67.7 cm³/mol. The van der Waals surface area contributed by atoms with E-state index in [9.17, 15) is 30.7 Å². The second-order valence-corrected chi connectivity index (χ2v) is 6.67. The average Bonchev–Trinajstić information content (AvgIpc) is 2.35. The number of carbonyl (C=O) groups excluding carboxylic acids is 1. The minimum atomic E-state index is -5.00. The van der Waals surface area contributed by atoms with Crippen LogP contribution >= 0.6 is 0 Å². The van der Waals surface area contributed by atoms with Gasteiger partial charge in [0.25, 0.3) is 0 Å². The molecule has 0 heterocycles. The van der Waals surface area contributed by atoms with Gasteiger partial charge in [-0.3, -0.25) is 0 Å². The molecule has 0 spiro atoms. The zero-order valence-corrected chi connectivity index (χ0v) is 11.6. The van der Waals surface area contributed by atoms with Gasteiger partial charge < -0.3 is 9.11 Å². The van der Waals surface area contributed by atoms with Crippen molar-refractivity contribution < 1.29 is 30.7 Å². The molecule has 0 amide bonds. The molecule has 8 nitrogen and oxygen atoms in total. The second-order valence-electron chi connectivity index (χ2n) is 3.94. The molecule has 0 atom stereocenters. The maximum atomic E-state index is 11.2. The minimum Gasteiger partial charge on any atom is -0.744 e. The van der Waals surface area contributed by atoms with Crippen LogP contribution in [0.5, 0.6) is 0 Å². The van der Waals surface area contributed by atoms with Gasteiger partial charge in [-0.1, -0.05) is 6.07 Å². The molecule has 0 saturated carbocycles. The molecule has 0 saturated heterocycles. The Morgan fingerprint density at radius 2 is 1.62 bits per heavy atom. The van der Waals surface area contributed by atoms with Crippen LogP contribution in [0.1, 0.15) is 0 Å². The monoisotopic (exact) mass is 327 g/mol. The van der Waals surface area contributed by atoms with Crippen LogP contribution in [0.2, 0.25) is 0 Å². The Balaban J connectivity index is 2.98. The quantitative estimate of drug-likeness (QED) is 0.456. The molecule has 110 valence electrons. The summed E-state index contributed by atoms with van der Waals surface area (Å²) in [6.45, 7) is 0. The Kier molecular flexibility index (Phi) is 3.66. The SMILES string of the molecule is O=C=Nc1ccc2c(S(=O)(=O)[O-])cc(S(=O)(=O)[O-])cc2c1. The van der Waals surface area contributed by atoms with Gasteiger partial charge >= 0.3 is 0 Å². The van der Waals surface area contributed by atoms with Gasteiger partial charge in [0.15, 0.2) is 0 Å². The summed E-state index contributed by atoms with van der Waals surface area (Å²) >= 11 is 0. The summed E-state index contributed by atoms with van der Waals surface area (Å²) in [7, 11) is -9.96. The second kappa shape index (κ2) is 5.02. The molecule has 0 aliphatic heterocycles. The summed E-state index contributed by atoms with van der Waals surface area (Å²) in [6.07, 6.45) is 1.25. The number of benzene rings is 2. The number of hydrogen-bond acceptors (Lipinski definition) is 8. The van der Waals surface area contributed by atoms with E-state index in [2.05, 4.69) is 4.99 Å². The van der Waals surface area contributed by atoms with Crippen molar-refractivity contribution in [2.45, 2.75) is 9.79 Å². The molecule has 2 aromatic carbocycles. The molecule has 0 fully saturated rings. The first-order chi connectivity index (χ1) is 9.63. The zero-order chi connectivity index (χ0) is 15.8. The molecule has 2 aromatic rings. The van der Waals surface area contributed by atoms with Gasteiger partial charge in [0, 0.05) is 0 Å². The molecule has 0 N–H and O–H groups in total. The smallest absolute Gasteiger partial charge is 0.240 e. The lowest BCUT2D eigenvalue weighted by atomic mass is 10.1. The van der Waals surface area contributed by atoms with Gasteiger partial charge in [0.1, 0.15) is 20.2 Å². The van der Waals surface area contributed by atoms with Crippen LogP contribution in [0.3, 0.4) is 0 Å². The van der Waals surface area contributed by atoms with Crippen LogP contribution in [0, 0.1) is 0 Å². The highest BCUT2D eigenvalue weighted by atomic mass is 32.2. The summed E-state index contributed by atoms with van der Waals surface area (Å²) < 4.78 is 66.7. The minimum absolute atomic E-state index is 0.0298. The highest BCUT2D eigenvalue weighted by Crippen LogP contribution is 2.29. The lowest BCUT2D eigenvalue weighted by molar-refractivity contribution is 0.462. The summed E-state index contributed by atoms with van der Waals surface area (Å²) in [5.74, 6) is 0. The van der Waals surface area contributed by atoms with Crippen molar-refractivity contribution in [1.82, 2.24) is 0 Å². The van der Waals surface area contributed by atoms with Gasteiger partial charge in [0.2, 0.25) is 6.08 Å². The first-order valence-corrected chi connectivity index (χ1v) is 8.02. The van der Waals surface area contributed by atoms with E-state index in [-0.39, 0.29) is 16.5 Å². The van der Waals surface area contributed by atoms with E-state index in [1.807, 2.05) is 0 Å². The molecule has 0 radical (unpaired) electrons. The van der Waals surface area contributed by atoms with Crippen LogP contribution in [-0.4, -0.2) is 32.0 Å². The van der Waals surface area contributed by atoms with Gasteiger partial charge in [-0.15, -0.1) is 0 Å². The number of isocyanates is 1. The van der Waals surface area contributed by atoms with Crippen molar-refractivity contribution in [3.63, 3.8) is 0 Å². The van der Waals surface area contributed by atoms with E-state index in [1.54, 1.807) is 0 Å². The number of fused-ring (bicyclic) bond motifs is 1. The predicted octanol–water partition coefficient (Wildman–Crippen LogP) is 0.615. The average molecular weight is 327 g/mol.